The summed E-state index contributed by atoms with van der Waals surface area (Å²) in [5, 5.41) is 0. The SMILES string of the molecule is C=CCN(c1ccccc1)[Si](C)(C)CBr. The molecule has 1 aromatic rings. The van der Waals surface area contributed by atoms with Crippen molar-refractivity contribution in [3.8, 4) is 0 Å². The summed E-state index contributed by atoms with van der Waals surface area (Å²) in [6.07, 6.45) is 1.98. The van der Waals surface area contributed by atoms with Gasteiger partial charge in [0.15, 0.2) is 8.24 Å². The Bertz CT molecular complexity index is 311. The zero-order valence-corrected chi connectivity index (χ0v) is 12.0. The second-order valence-corrected chi connectivity index (χ2v) is 10.3. The molecular weight excluding hydrogens is 266 g/mol. The zero-order valence-electron chi connectivity index (χ0n) is 9.41. The number of hydrogen-bond donors (Lipinski definition) is 0. The number of para-hydroxylation sites is 1. The van der Waals surface area contributed by atoms with Gasteiger partial charge >= 0.3 is 0 Å². The minimum Gasteiger partial charge on any atom is -0.394 e. The molecular formula is C12H18BrNSi. The Morgan fingerprint density at radius 2 is 1.93 bits per heavy atom. The van der Waals surface area contributed by atoms with Gasteiger partial charge in [0, 0.05) is 17.2 Å². The van der Waals surface area contributed by atoms with Crippen molar-refractivity contribution < 1.29 is 0 Å². The summed E-state index contributed by atoms with van der Waals surface area (Å²) in [7, 11) is -1.39. The molecule has 0 radical (unpaired) electrons. The van der Waals surface area contributed by atoms with Gasteiger partial charge in [-0.25, -0.2) is 0 Å². The Labute approximate surface area is 102 Å². The van der Waals surface area contributed by atoms with Crippen molar-refractivity contribution in [2.75, 3.05) is 16.1 Å². The summed E-state index contributed by atoms with van der Waals surface area (Å²) in [6, 6.07) is 10.6. The second-order valence-electron chi connectivity index (χ2n) is 4.18. The minimum absolute atomic E-state index is 0.925. The minimum atomic E-state index is -1.39. The highest BCUT2D eigenvalue weighted by atomic mass is 79.9. The van der Waals surface area contributed by atoms with E-state index in [0.717, 1.165) is 11.5 Å². The van der Waals surface area contributed by atoms with Crippen molar-refractivity contribution >= 4 is 29.9 Å². The lowest BCUT2D eigenvalue weighted by molar-refractivity contribution is 1.13. The standard InChI is InChI=1S/C12H18BrNSi/c1-4-10-14(15(2,3)11-13)12-8-6-5-7-9-12/h4-9H,1,10-11H2,2-3H3. The summed E-state index contributed by atoms with van der Waals surface area (Å²) < 4.78 is 2.48. The molecule has 0 atom stereocenters. The van der Waals surface area contributed by atoms with Crippen LogP contribution in [0.3, 0.4) is 0 Å². The molecule has 82 valence electrons. The predicted molar refractivity (Wildman–Crippen MR) is 75.3 cm³/mol. The van der Waals surface area contributed by atoms with Crippen LogP contribution in [0.1, 0.15) is 0 Å². The van der Waals surface area contributed by atoms with Crippen LogP contribution in [-0.2, 0) is 0 Å². The maximum absolute atomic E-state index is 3.84. The Morgan fingerprint density at radius 1 is 1.33 bits per heavy atom. The molecule has 0 unspecified atom stereocenters. The maximum Gasteiger partial charge on any atom is 0.161 e. The van der Waals surface area contributed by atoms with Gasteiger partial charge in [0.25, 0.3) is 0 Å². The van der Waals surface area contributed by atoms with Gasteiger partial charge in [0.2, 0.25) is 0 Å². The summed E-state index contributed by atoms with van der Waals surface area (Å²) in [4.78, 5) is 1.07. The van der Waals surface area contributed by atoms with E-state index in [-0.39, 0.29) is 0 Å². The van der Waals surface area contributed by atoms with E-state index in [0.29, 0.717) is 0 Å². The lowest BCUT2D eigenvalue weighted by atomic mass is 10.3. The van der Waals surface area contributed by atoms with Crippen molar-refractivity contribution in [2.45, 2.75) is 13.1 Å². The van der Waals surface area contributed by atoms with Crippen molar-refractivity contribution in [2.24, 2.45) is 0 Å². The first kappa shape index (κ1) is 12.5. The van der Waals surface area contributed by atoms with Gasteiger partial charge in [-0.2, -0.15) is 0 Å². The fraction of sp³-hybridized carbons (Fsp3) is 0.333. The molecule has 1 rings (SSSR count). The molecule has 0 amide bonds. The van der Waals surface area contributed by atoms with Crippen LogP contribution in [-0.4, -0.2) is 19.7 Å². The fourth-order valence-electron chi connectivity index (χ4n) is 1.51. The molecule has 0 aliphatic rings. The summed E-state index contributed by atoms with van der Waals surface area (Å²) in [5.74, 6) is 0. The van der Waals surface area contributed by atoms with Gasteiger partial charge in [-0.15, -0.1) is 6.58 Å². The van der Waals surface area contributed by atoms with E-state index in [2.05, 4.69) is 70.5 Å². The molecule has 0 saturated carbocycles. The van der Waals surface area contributed by atoms with E-state index in [4.69, 9.17) is 0 Å². The summed E-state index contributed by atoms with van der Waals surface area (Å²) in [5.41, 5.74) is 1.30. The zero-order chi connectivity index (χ0) is 11.3. The molecule has 0 aliphatic carbocycles. The van der Waals surface area contributed by atoms with Gasteiger partial charge in [0.1, 0.15) is 0 Å². The molecule has 0 fully saturated rings. The lowest BCUT2D eigenvalue weighted by Crippen LogP contribution is -2.51. The third-order valence-corrected chi connectivity index (χ3v) is 9.11. The summed E-state index contributed by atoms with van der Waals surface area (Å²) >= 11 is 3.62. The Balaban J connectivity index is 2.98. The number of hydrogen-bond acceptors (Lipinski definition) is 1. The van der Waals surface area contributed by atoms with Crippen LogP contribution in [0.25, 0.3) is 0 Å². The van der Waals surface area contributed by atoms with Gasteiger partial charge < -0.3 is 4.57 Å². The van der Waals surface area contributed by atoms with Crippen LogP contribution in [0.5, 0.6) is 0 Å². The molecule has 15 heavy (non-hydrogen) atoms. The average molecular weight is 284 g/mol. The molecule has 0 aliphatic heterocycles. The molecule has 0 aromatic heterocycles. The highest BCUT2D eigenvalue weighted by Crippen LogP contribution is 2.22. The molecule has 0 saturated heterocycles. The van der Waals surface area contributed by atoms with E-state index in [9.17, 15) is 0 Å². The molecule has 1 aromatic carbocycles. The Kier molecular flexibility index (Phi) is 4.61. The monoisotopic (exact) mass is 283 g/mol. The number of benzene rings is 1. The van der Waals surface area contributed by atoms with E-state index in [1.54, 1.807) is 0 Å². The third kappa shape index (κ3) is 3.21. The van der Waals surface area contributed by atoms with Crippen molar-refractivity contribution in [1.29, 1.82) is 0 Å². The van der Waals surface area contributed by atoms with Crippen LogP contribution in [0, 0.1) is 0 Å². The van der Waals surface area contributed by atoms with E-state index < -0.39 is 8.24 Å². The van der Waals surface area contributed by atoms with Gasteiger partial charge in [-0.1, -0.05) is 53.3 Å². The largest absolute Gasteiger partial charge is 0.394 e. The highest BCUT2D eigenvalue weighted by Gasteiger charge is 2.27. The van der Waals surface area contributed by atoms with Crippen molar-refractivity contribution in [3.05, 3.63) is 43.0 Å². The van der Waals surface area contributed by atoms with Crippen LogP contribution in [0.2, 0.25) is 13.1 Å². The summed E-state index contributed by atoms with van der Waals surface area (Å²) in [6.45, 7) is 9.48. The maximum atomic E-state index is 3.84. The van der Waals surface area contributed by atoms with Crippen molar-refractivity contribution in [3.63, 3.8) is 0 Å². The Morgan fingerprint density at radius 3 is 2.40 bits per heavy atom. The number of anilines is 1. The first-order valence-corrected chi connectivity index (χ1v) is 9.39. The smallest absolute Gasteiger partial charge is 0.161 e. The topological polar surface area (TPSA) is 3.24 Å². The highest BCUT2D eigenvalue weighted by molar-refractivity contribution is 9.09. The van der Waals surface area contributed by atoms with Gasteiger partial charge in [0.05, 0.1) is 0 Å². The van der Waals surface area contributed by atoms with Gasteiger partial charge in [-0.05, 0) is 12.1 Å². The molecule has 0 N–H and O–H groups in total. The quantitative estimate of drug-likeness (QED) is 0.451. The number of nitrogens with zero attached hydrogens (tertiary/aromatic N) is 1. The number of alkyl halides is 1. The van der Waals surface area contributed by atoms with Crippen molar-refractivity contribution in [1.82, 2.24) is 0 Å². The van der Waals surface area contributed by atoms with Crippen LogP contribution in [0.15, 0.2) is 43.0 Å². The second kappa shape index (κ2) is 5.52. The molecule has 0 bridgehead atoms. The number of rotatable bonds is 5. The molecule has 0 heterocycles. The Hall–Kier alpha value is -0.543. The van der Waals surface area contributed by atoms with E-state index in [1.165, 1.54) is 5.69 Å². The predicted octanol–water partition coefficient (Wildman–Crippen LogP) is 3.82. The third-order valence-electron chi connectivity index (χ3n) is 2.44. The normalized spacial score (nSPS) is 11.1. The first-order chi connectivity index (χ1) is 7.11. The molecule has 3 heteroatoms. The van der Waals surface area contributed by atoms with Crippen LogP contribution < -0.4 is 4.57 Å². The van der Waals surface area contributed by atoms with Gasteiger partial charge in [-0.3, -0.25) is 0 Å². The van der Waals surface area contributed by atoms with Crippen LogP contribution in [0.4, 0.5) is 5.69 Å². The van der Waals surface area contributed by atoms with E-state index in [1.807, 2.05) is 6.08 Å². The molecule has 0 spiro atoms. The number of halogens is 1. The average Bonchev–Trinajstić information content (AvgIpc) is 2.27. The fourth-order valence-corrected chi connectivity index (χ4v) is 4.03. The van der Waals surface area contributed by atoms with Crippen LogP contribution >= 0.6 is 15.9 Å². The van der Waals surface area contributed by atoms with E-state index >= 15 is 0 Å². The lowest BCUT2D eigenvalue weighted by Gasteiger charge is -2.37. The molecule has 1 nitrogen and oxygen atoms in total. The first-order valence-electron chi connectivity index (χ1n) is 5.11.